The third-order valence-electron chi connectivity index (χ3n) is 1.91. The van der Waals surface area contributed by atoms with Gasteiger partial charge in [-0.1, -0.05) is 0 Å². The van der Waals surface area contributed by atoms with Gasteiger partial charge in [-0.3, -0.25) is 0 Å². The molecule has 1 saturated heterocycles. The third-order valence-corrected chi connectivity index (χ3v) is 2.06. The molecule has 0 N–H and O–H groups in total. The Hall–Kier alpha value is 0.270. The number of ether oxygens (including phenoxy) is 2. The van der Waals surface area contributed by atoms with Crippen molar-refractivity contribution in [1.82, 2.24) is 0 Å². The van der Waals surface area contributed by atoms with Crippen molar-refractivity contribution >= 4 is 12.6 Å². The summed E-state index contributed by atoms with van der Waals surface area (Å²) in [5.74, 6) is 0.693. The summed E-state index contributed by atoms with van der Waals surface area (Å²) in [6, 6.07) is 0. The molecule has 0 aromatic heterocycles. The van der Waals surface area contributed by atoms with Gasteiger partial charge in [0.2, 0.25) is 0 Å². The van der Waals surface area contributed by atoms with Gasteiger partial charge in [0, 0.05) is 13.2 Å². The first-order valence-electron chi connectivity index (χ1n) is 4.16. The van der Waals surface area contributed by atoms with E-state index in [4.69, 9.17) is 9.47 Å². The second-order valence-electron chi connectivity index (χ2n) is 2.99. The molecule has 0 aliphatic carbocycles. The fraction of sp³-hybridized carbons (Fsp3) is 1.00. The first kappa shape index (κ1) is 9.36. The van der Waals surface area contributed by atoms with Gasteiger partial charge in [-0.2, -0.15) is 0 Å². The minimum absolute atomic E-state index is 0.0674. The Bertz CT molecular complexity index is 100. The lowest BCUT2D eigenvalue weighted by Crippen LogP contribution is -2.21. The molecule has 1 atom stereocenters. The number of thiol groups is 1. The molecule has 1 fully saturated rings. The Kier molecular flexibility index (Phi) is 4.26. The smallest absolute Gasteiger partial charge is 0.0971 e. The van der Waals surface area contributed by atoms with Crippen molar-refractivity contribution in [3.8, 4) is 0 Å². The molecule has 3 heteroatoms. The van der Waals surface area contributed by atoms with E-state index in [1.165, 1.54) is 0 Å². The first-order valence-corrected chi connectivity index (χ1v) is 4.68. The molecule has 0 amide bonds. The van der Waals surface area contributed by atoms with Crippen LogP contribution in [0.4, 0.5) is 0 Å². The van der Waals surface area contributed by atoms with Gasteiger partial charge in [0.05, 0.1) is 12.0 Å². The Balaban J connectivity index is 2.05. The molecule has 1 rings (SSSR count). The second kappa shape index (κ2) is 5.01. The van der Waals surface area contributed by atoms with Crippen molar-refractivity contribution in [2.75, 3.05) is 19.8 Å². The van der Waals surface area contributed by atoms with Crippen LogP contribution in [-0.2, 0) is 9.47 Å². The predicted molar refractivity (Wildman–Crippen MR) is 47.9 cm³/mol. The van der Waals surface area contributed by atoms with Gasteiger partial charge in [-0.15, -0.1) is 12.6 Å². The average Bonchev–Trinajstić information content (AvgIpc) is 2.03. The molecule has 0 spiro atoms. The summed E-state index contributed by atoms with van der Waals surface area (Å²) >= 11 is 4.14. The molecule has 0 bridgehead atoms. The summed E-state index contributed by atoms with van der Waals surface area (Å²) in [6.45, 7) is 4.58. The van der Waals surface area contributed by atoms with Gasteiger partial charge in [-0.05, 0) is 25.7 Å². The quantitative estimate of drug-likeness (QED) is 0.521. The van der Waals surface area contributed by atoms with Crippen LogP contribution < -0.4 is 0 Å². The number of hydrogen-bond donors (Lipinski definition) is 1. The first-order chi connectivity index (χ1) is 5.29. The molecule has 0 saturated carbocycles. The normalized spacial score (nSPS) is 23.5. The summed E-state index contributed by atoms with van der Waals surface area (Å²) < 4.78 is 10.6. The van der Waals surface area contributed by atoms with Gasteiger partial charge < -0.3 is 9.47 Å². The lowest BCUT2D eigenvalue weighted by Gasteiger charge is -2.22. The molecule has 11 heavy (non-hydrogen) atoms. The number of rotatable bonds is 3. The van der Waals surface area contributed by atoms with Crippen molar-refractivity contribution in [3.63, 3.8) is 0 Å². The zero-order valence-corrected chi connectivity index (χ0v) is 7.85. The second-order valence-corrected chi connectivity index (χ2v) is 3.72. The van der Waals surface area contributed by atoms with E-state index < -0.39 is 0 Å². The largest absolute Gasteiger partial charge is 0.381 e. The van der Waals surface area contributed by atoms with Crippen LogP contribution >= 0.6 is 12.6 Å². The molecule has 1 unspecified atom stereocenters. The van der Waals surface area contributed by atoms with E-state index in [0.29, 0.717) is 5.92 Å². The highest BCUT2D eigenvalue weighted by atomic mass is 32.1. The fourth-order valence-electron chi connectivity index (χ4n) is 1.19. The highest BCUT2D eigenvalue weighted by molar-refractivity contribution is 7.80. The van der Waals surface area contributed by atoms with Gasteiger partial charge in [0.15, 0.2) is 0 Å². The van der Waals surface area contributed by atoms with Crippen LogP contribution in [-0.4, -0.2) is 25.3 Å². The topological polar surface area (TPSA) is 18.5 Å². The molecule has 66 valence electrons. The zero-order chi connectivity index (χ0) is 8.10. The van der Waals surface area contributed by atoms with Crippen molar-refractivity contribution < 1.29 is 9.47 Å². The standard InChI is InChI=1S/C8H16O2S/c1-7(11)10-6-8-2-4-9-5-3-8/h7-8,11H,2-6H2,1H3. The molecular formula is C8H16O2S. The van der Waals surface area contributed by atoms with E-state index in [2.05, 4.69) is 12.6 Å². The highest BCUT2D eigenvalue weighted by Gasteiger charge is 2.13. The summed E-state index contributed by atoms with van der Waals surface area (Å²) in [4.78, 5) is 0. The molecule has 1 aliphatic rings. The van der Waals surface area contributed by atoms with E-state index >= 15 is 0 Å². The van der Waals surface area contributed by atoms with Gasteiger partial charge in [0.25, 0.3) is 0 Å². The highest BCUT2D eigenvalue weighted by Crippen LogP contribution is 2.15. The molecule has 0 radical (unpaired) electrons. The van der Waals surface area contributed by atoms with Crippen molar-refractivity contribution in [2.24, 2.45) is 5.92 Å². The van der Waals surface area contributed by atoms with Crippen molar-refractivity contribution in [3.05, 3.63) is 0 Å². The van der Waals surface area contributed by atoms with Gasteiger partial charge in [0.1, 0.15) is 0 Å². The molecule has 0 aromatic carbocycles. The van der Waals surface area contributed by atoms with Crippen molar-refractivity contribution in [2.45, 2.75) is 25.2 Å². The molecule has 0 aromatic rings. The maximum Gasteiger partial charge on any atom is 0.0971 e. The molecule has 1 heterocycles. The summed E-state index contributed by atoms with van der Waals surface area (Å²) in [6.07, 6.45) is 2.28. The van der Waals surface area contributed by atoms with E-state index in [-0.39, 0.29) is 5.44 Å². The summed E-state index contributed by atoms with van der Waals surface area (Å²) in [5.41, 5.74) is 0.0674. The minimum Gasteiger partial charge on any atom is -0.381 e. The van der Waals surface area contributed by atoms with Crippen LogP contribution in [0.2, 0.25) is 0 Å². The maximum atomic E-state index is 5.39. The maximum absolute atomic E-state index is 5.39. The van der Waals surface area contributed by atoms with Crippen LogP contribution in [0.25, 0.3) is 0 Å². The molecular weight excluding hydrogens is 160 g/mol. The van der Waals surface area contributed by atoms with E-state index in [9.17, 15) is 0 Å². The lowest BCUT2D eigenvalue weighted by molar-refractivity contribution is 0.0175. The lowest BCUT2D eigenvalue weighted by atomic mass is 10.0. The monoisotopic (exact) mass is 176 g/mol. The summed E-state index contributed by atoms with van der Waals surface area (Å²) in [7, 11) is 0. The summed E-state index contributed by atoms with van der Waals surface area (Å²) in [5, 5.41) is 0. The van der Waals surface area contributed by atoms with Crippen LogP contribution in [0.5, 0.6) is 0 Å². The Morgan fingerprint density at radius 2 is 2.18 bits per heavy atom. The number of hydrogen-bond acceptors (Lipinski definition) is 3. The van der Waals surface area contributed by atoms with Gasteiger partial charge in [-0.25, -0.2) is 0 Å². The zero-order valence-electron chi connectivity index (χ0n) is 6.95. The van der Waals surface area contributed by atoms with Crippen LogP contribution in [0.15, 0.2) is 0 Å². The SMILES string of the molecule is CC(S)OCC1CCOCC1. The van der Waals surface area contributed by atoms with E-state index in [1.54, 1.807) is 0 Å². The van der Waals surface area contributed by atoms with E-state index in [1.807, 2.05) is 6.92 Å². The van der Waals surface area contributed by atoms with Gasteiger partial charge >= 0.3 is 0 Å². The predicted octanol–water partition coefficient (Wildman–Crippen LogP) is 1.71. The Morgan fingerprint density at radius 3 is 2.73 bits per heavy atom. The Labute approximate surface area is 73.7 Å². The van der Waals surface area contributed by atoms with Crippen LogP contribution in [0.1, 0.15) is 19.8 Å². The fourth-order valence-corrected chi connectivity index (χ4v) is 1.27. The van der Waals surface area contributed by atoms with Crippen molar-refractivity contribution in [1.29, 1.82) is 0 Å². The molecule has 2 nitrogen and oxygen atoms in total. The minimum atomic E-state index is 0.0674. The van der Waals surface area contributed by atoms with Crippen LogP contribution in [0.3, 0.4) is 0 Å². The van der Waals surface area contributed by atoms with Crippen LogP contribution in [0, 0.1) is 5.92 Å². The average molecular weight is 176 g/mol. The Morgan fingerprint density at radius 1 is 1.55 bits per heavy atom. The third kappa shape index (κ3) is 3.99. The molecule has 1 aliphatic heterocycles. The van der Waals surface area contributed by atoms with E-state index in [0.717, 1.165) is 32.7 Å².